The van der Waals surface area contributed by atoms with Crippen molar-refractivity contribution in [1.29, 1.82) is 0 Å². The number of nitrogens with one attached hydrogen (secondary N) is 1. The molecule has 1 heterocycles. The van der Waals surface area contributed by atoms with Crippen LogP contribution in [-0.2, 0) is 16.0 Å². The lowest BCUT2D eigenvalue weighted by Crippen LogP contribution is -2.62. The monoisotopic (exact) mass is 368 g/mol. The molecule has 142 valence electrons. The topological polar surface area (TPSA) is 67.9 Å². The first-order chi connectivity index (χ1) is 13.0. The number of hydrogen-bond donors (Lipinski definition) is 1. The largest absolute Gasteiger partial charge is 0.497 e. The first-order valence-corrected chi connectivity index (χ1v) is 9.01. The molecular formula is C21H24N2O4. The zero-order chi connectivity index (χ0) is 19.4. The van der Waals surface area contributed by atoms with Crippen LogP contribution in [0, 0.1) is 0 Å². The lowest BCUT2D eigenvalue weighted by Gasteiger charge is -2.39. The molecule has 6 heteroatoms. The summed E-state index contributed by atoms with van der Waals surface area (Å²) in [5, 5.41) is 2.83. The zero-order valence-electron chi connectivity index (χ0n) is 15.8. The number of benzene rings is 2. The van der Waals surface area contributed by atoms with Crippen LogP contribution >= 0.6 is 0 Å². The molecule has 27 heavy (non-hydrogen) atoms. The Morgan fingerprint density at radius 3 is 2.56 bits per heavy atom. The van der Waals surface area contributed by atoms with E-state index < -0.39 is 11.5 Å². The van der Waals surface area contributed by atoms with Gasteiger partial charge in [0.2, 0.25) is 0 Å². The molecule has 6 nitrogen and oxygen atoms in total. The summed E-state index contributed by atoms with van der Waals surface area (Å²) in [7, 11) is 1.62. The molecule has 0 spiro atoms. The second-order valence-corrected chi connectivity index (χ2v) is 6.51. The standard InChI is InChI=1S/C21H24N2O4/c1-4-23-17-7-5-6-8-18(17)27-21(2,20(23)25)19(24)22-14-13-15-9-11-16(26-3)12-10-15/h5-12H,4,13-14H2,1-3H3,(H,22,24). The highest BCUT2D eigenvalue weighted by atomic mass is 16.5. The van der Waals surface area contributed by atoms with E-state index in [9.17, 15) is 9.59 Å². The number of likely N-dealkylation sites (N-methyl/N-ethyl adjacent to an activating group) is 1. The van der Waals surface area contributed by atoms with Crippen molar-refractivity contribution < 1.29 is 19.1 Å². The van der Waals surface area contributed by atoms with Crippen LogP contribution in [-0.4, -0.2) is 37.6 Å². The molecule has 2 aromatic rings. The van der Waals surface area contributed by atoms with Crippen molar-refractivity contribution in [3.05, 3.63) is 54.1 Å². The average Bonchev–Trinajstić information content (AvgIpc) is 2.69. The van der Waals surface area contributed by atoms with Crippen molar-refractivity contribution in [3.63, 3.8) is 0 Å². The number of fused-ring (bicyclic) bond motifs is 1. The molecule has 1 aliphatic rings. The third-order valence-corrected chi connectivity index (χ3v) is 4.73. The molecule has 2 aromatic carbocycles. The SMILES string of the molecule is CCN1C(=O)C(C)(C(=O)NCCc2ccc(OC)cc2)Oc2ccccc21. The number of amides is 2. The maximum atomic E-state index is 12.9. The molecular weight excluding hydrogens is 344 g/mol. The van der Waals surface area contributed by atoms with Gasteiger partial charge in [-0.15, -0.1) is 0 Å². The van der Waals surface area contributed by atoms with E-state index in [1.165, 1.54) is 6.92 Å². The van der Waals surface area contributed by atoms with Crippen molar-refractivity contribution in [3.8, 4) is 11.5 Å². The number of ether oxygens (including phenoxy) is 2. The molecule has 1 aliphatic heterocycles. The van der Waals surface area contributed by atoms with Gasteiger partial charge in [-0.25, -0.2) is 0 Å². The lowest BCUT2D eigenvalue weighted by molar-refractivity contribution is -0.148. The first kappa shape index (κ1) is 18.8. The number of carbonyl (C=O) groups excluding carboxylic acids is 2. The summed E-state index contributed by atoms with van der Waals surface area (Å²) < 4.78 is 11.0. The van der Waals surface area contributed by atoms with E-state index in [0.29, 0.717) is 30.9 Å². The molecule has 2 amide bonds. The van der Waals surface area contributed by atoms with E-state index in [-0.39, 0.29) is 5.91 Å². The predicted octanol–water partition coefficient (Wildman–Crippen LogP) is 2.56. The van der Waals surface area contributed by atoms with Gasteiger partial charge in [-0.1, -0.05) is 24.3 Å². The molecule has 3 rings (SSSR count). The summed E-state index contributed by atoms with van der Waals surface area (Å²) in [4.78, 5) is 27.3. The van der Waals surface area contributed by atoms with Crippen LogP contribution in [0.4, 0.5) is 5.69 Å². The van der Waals surface area contributed by atoms with Crippen molar-refractivity contribution >= 4 is 17.5 Å². The van der Waals surface area contributed by atoms with Crippen molar-refractivity contribution in [2.45, 2.75) is 25.9 Å². The van der Waals surface area contributed by atoms with Gasteiger partial charge in [0, 0.05) is 13.1 Å². The van der Waals surface area contributed by atoms with Gasteiger partial charge in [0.05, 0.1) is 12.8 Å². The minimum Gasteiger partial charge on any atom is -0.497 e. The molecule has 0 aromatic heterocycles. The third-order valence-electron chi connectivity index (χ3n) is 4.73. The number of methoxy groups -OCH3 is 1. The maximum absolute atomic E-state index is 12.9. The molecule has 0 bridgehead atoms. The fraction of sp³-hybridized carbons (Fsp3) is 0.333. The Bertz CT molecular complexity index is 834. The van der Waals surface area contributed by atoms with Gasteiger partial charge in [-0.3, -0.25) is 9.59 Å². The van der Waals surface area contributed by atoms with E-state index in [2.05, 4.69) is 5.32 Å². The Balaban J connectivity index is 1.68. The second-order valence-electron chi connectivity index (χ2n) is 6.51. The van der Waals surface area contributed by atoms with Crippen molar-refractivity contribution in [2.24, 2.45) is 0 Å². The van der Waals surface area contributed by atoms with Gasteiger partial charge < -0.3 is 19.7 Å². The fourth-order valence-corrected chi connectivity index (χ4v) is 3.14. The van der Waals surface area contributed by atoms with Crippen LogP contribution in [0.5, 0.6) is 11.5 Å². The molecule has 1 unspecified atom stereocenters. The highest BCUT2D eigenvalue weighted by Gasteiger charge is 2.50. The summed E-state index contributed by atoms with van der Waals surface area (Å²) in [5.74, 6) is 0.529. The van der Waals surface area contributed by atoms with Gasteiger partial charge in [-0.05, 0) is 50.1 Å². The molecule has 0 aliphatic carbocycles. The number of nitrogens with zero attached hydrogens (tertiary/aromatic N) is 1. The van der Waals surface area contributed by atoms with E-state index >= 15 is 0 Å². The first-order valence-electron chi connectivity index (χ1n) is 9.01. The Kier molecular flexibility index (Phi) is 5.35. The second kappa shape index (κ2) is 7.70. The maximum Gasteiger partial charge on any atom is 0.280 e. The van der Waals surface area contributed by atoms with Crippen LogP contribution in [0.1, 0.15) is 19.4 Å². The fourth-order valence-electron chi connectivity index (χ4n) is 3.14. The number of carbonyl (C=O) groups is 2. The molecule has 0 radical (unpaired) electrons. The van der Waals surface area contributed by atoms with Crippen LogP contribution in [0.3, 0.4) is 0 Å². The quantitative estimate of drug-likeness (QED) is 0.796. The highest BCUT2D eigenvalue weighted by Crippen LogP contribution is 2.37. The molecule has 1 atom stereocenters. The van der Waals surface area contributed by atoms with E-state index in [1.807, 2.05) is 49.4 Å². The summed E-state index contributed by atoms with van der Waals surface area (Å²) in [6.45, 7) is 4.28. The third kappa shape index (κ3) is 3.60. The number of rotatable bonds is 6. The zero-order valence-corrected chi connectivity index (χ0v) is 15.8. The Labute approximate surface area is 159 Å². The Hall–Kier alpha value is -3.02. The van der Waals surface area contributed by atoms with E-state index in [1.54, 1.807) is 18.1 Å². The predicted molar refractivity (Wildman–Crippen MR) is 103 cm³/mol. The average molecular weight is 368 g/mol. The van der Waals surface area contributed by atoms with Gasteiger partial charge in [0.25, 0.3) is 17.4 Å². The van der Waals surface area contributed by atoms with Gasteiger partial charge in [0.15, 0.2) is 0 Å². The van der Waals surface area contributed by atoms with E-state index in [0.717, 1.165) is 11.3 Å². The molecule has 0 saturated heterocycles. The summed E-state index contributed by atoms with van der Waals surface area (Å²) in [6.07, 6.45) is 0.647. The van der Waals surface area contributed by atoms with Gasteiger partial charge in [-0.2, -0.15) is 0 Å². The summed E-state index contributed by atoms with van der Waals surface area (Å²) >= 11 is 0. The van der Waals surface area contributed by atoms with Gasteiger partial charge >= 0.3 is 0 Å². The Morgan fingerprint density at radius 1 is 1.19 bits per heavy atom. The minimum atomic E-state index is -1.58. The van der Waals surface area contributed by atoms with Crippen LogP contribution in [0.2, 0.25) is 0 Å². The van der Waals surface area contributed by atoms with E-state index in [4.69, 9.17) is 9.47 Å². The lowest BCUT2D eigenvalue weighted by atomic mass is 9.99. The van der Waals surface area contributed by atoms with Gasteiger partial charge in [0.1, 0.15) is 11.5 Å². The molecule has 0 saturated carbocycles. The van der Waals surface area contributed by atoms with Crippen LogP contribution in [0.25, 0.3) is 0 Å². The van der Waals surface area contributed by atoms with Crippen molar-refractivity contribution in [1.82, 2.24) is 5.32 Å². The minimum absolute atomic E-state index is 0.356. The smallest absolute Gasteiger partial charge is 0.280 e. The number of anilines is 1. The number of para-hydroxylation sites is 2. The molecule has 0 fully saturated rings. The highest BCUT2D eigenvalue weighted by molar-refractivity contribution is 6.16. The molecule has 1 N–H and O–H groups in total. The number of hydrogen-bond acceptors (Lipinski definition) is 4. The van der Waals surface area contributed by atoms with Crippen LogP contribution in [0.15, 0.2) is 48.5 Å². The normalized spacial score (nSPS) is 18.5. The Morgan fingerprint density at radius 2 is 1.89 bits per heavy atom. The van der Waals surface area contributed by atoms with Crippen molar-refractivity contribution in [2.75, 3.05) is 25.1 Å². The summed E-state index contributed by atoms with van der Waals surface area (Å²) in [6, 6.07) is 14.9. The van der Waals surface area contributed by atoms with Crippen LogP contribution < -0.4 is 19.7 Å². The summed E-state index contributed by atoms with van der Waals surface area (Å²) in [5.41, 5.74) is 0.177.